The van der Waals surface area contributed by atoms with Crippen molar-refractivity contribution in [3.63, 3.8) is 0 Å². The predicted octanol–water partition coefficient (Wildman–Crippen LogP) is 1.99. The van der Waals surface area contributed by atoms with Gasteiger partial charge in [0.2, 0.25) is 0 Å². The molecule has 0 bridgehead atoms. The van der Waals surface area contributed by atoms with Gasteiger partial charge >= 0.3 is 0 Å². The Kier molecular flexibility index (Phi) is 4.01. The monoisotopic (exact) mass is 238 g/mol. The molecule has 1 atom stereocenters. The van der Waals surface area contributed by atoms with Crippen LogP contribution in [0, 0.1) is 0 Å². The molecule has 0 spiro atoms. The first-order chi connectivity index (χ1) is 7.44. The van der Waals surface area contributed by atoms with Crippen molar-refractivity contribution in [2.45, 2.75) is 24.0 Å². The van der Waals surface area contributed by atoms with Gasteiger partial charge < -0.3 is 0 Å². The standard InChI is InChI=1S/C12H14O3S/c1-10(13)8-9-11(2)16(14,15)12-6-4-3-5-7-12/h3-9,11H,1-2H3/b9-8+. The maximum Gasteiger partial charge on any atom is 0.184 e. The molecule has 1 aromatic carbocycles. The summed E-state index contributed by atoms with van der Waals surface area (Å²) in [6, 6.07) is 8.21. The van der Waals surface area contributed by atoms with Crippen LogP contribution < -0.4 is 0 Å². The largest absolute Gasteiger partial charge is 0.295 e. The fourth-order valence-corrected chi connectivity index (χ4v) is 2.45. The summed E-state index contributed by atoms with van der Waals surface area (Å²) < 4.78 is 24.0. The van der Waals surface area contributed by atoms with Crippen LogP contribution in [0.3, 0.4) is 0 Å². The molecule has 86 valence electrons. The molecule has 1 rings (SSSR count). The second-order valence-corrected chi connectivity index (χ2v) is 5.84. The lowest BCUT2D eigenvalue weighted by Gasteiger charge is -2.08. The molecule has 0 N–H and O–H groups in total. The molecule has 0 heterocycles. The van der Waals surface area contributed by atoms with E-state index in [2.05, 4.69) is 0 Å². The molecular formula is C12H14O3S. The van der Waals surface area contributed by atoms with E-state index in [9.17, 15) is 13.2 Å². The molecule has 0 radical (unpaired) electrons. The fourth-order valence-electron chi connectivity index (χ4n) is 1.20. The number of sulfone groups is 1. The van der Waals surface area contributed by atoms with E-state index < -0.39 is 15.1 Å². The number of ketones is 1. The van der Waals surface area contributed by atoms with Crippen LogP contribution in [0.5, 0.6) is 0 Å². The van der Waals surface area contributed by atoms with E-state index in [1.54, 1.807) is 37.3 Å². The highest BCUT2D eigenvalue weighted by atomic mass is 32.2. The van der Waals surface area contributed by atoms with Crippen LogP contribution in [0.25, 0.3) is 0 Å². The van der Waals surface area contributed by atoms with E-state index in [1.807, 2.05) is 0 Å². The van der Waals surface area contributed by atoms with Crippen LogP contribution in [0.2, 0.25) is 0 Å². The highest BCUT2D eigenvalue weighted by molar-refractivity contribution is 7.92. The quantitative estimate of drug-likeness (QED) is 0.754. The summed E-state index contributed by atoms with van der Waals surface area (Å²) in [6.07, 6.45) is 2.69. The van der Waals surface area contributed by atoms with Crippen molar-refractivity contribution in [3.8, 4) is 0 Å². The lowest BCUT2D eigenvalue weighted by Crippen LogP contribution is -2.15. The average molecular weight is 238 g/mol. The SMILES string of the molecule is CC(=O)/C=C/C(C)S(=O)(=O)c1ccccc1. The number of benzene rings is 1. The van der Waals surface area contributed by atoms with Gasteiger partial charge in [-0.2, -0.15) is 0 Å². The smallest absolute Gasteiger partial charge is 0.184 e. The summed E-state index contributed by atoms with van der Waals surface area (Å²) in [7, 11) is -3.37. The molecule has 1 aromatic rings. The molecule has 16 heavy (non-hydrogen) atoms. The number of allylic oxidation sites excluding steroid dienone is 1. The first-order valence-electron chi connectivity index (χ1n) is 4.92. The highest BCUT2D eigenvalue weighted by Gasteiger charge is 2.20. The highest BCUT2D eigenvalue weighted by Crippen LogP contribution is 2.16. The number of carbonyl (C=O) groups excluding carboxylic acids is 1. The molecule has 0 aliphatic carbocycles. The first-order valence-corrected chi connectivity index (χ1v) is 6.47. The van der Waals surface area contributed by atoms with Crippen LogP contribution in [0.4, 0.5) is 0 Å². The third-order valence-corrected chi connectivity index (χ3v) is 4.23. The van der Waals surface area contributed by atoms with Gasteiger partial charge in [-0.25, -0.2) is 8.42 Å². The van der Waals surface area contributed by atoms with Gasteiger partial charge in [0.1, 0.15) is 0 Å². The van der Waals surface area contributed by atoms with Gasteiger partial charge in [-0.15, -0.1) is 0 Å². The number of hydrogen-bond donors (Lipinski definition) is 0. The van der Waals surface area contributed by atoms with Crippen molar-refractivity contribution in [3.05, 3.63) is 42.5 Å². The van der Waals surface area contributed by atoms with Gasteiger partial charge in [0.05, 0.1) is 10.1 Å². The van der Waals surface area contributed by atoms with Crippen molar-refractivity contribution < 1.29 is 13.2 Å². The van der Waals surface area contributed by atoms with Crippen molar-refractivity contribution in [1.82, 2.24) is 0 Å². The maximum atomic E-state index is 12.0. The predicted molar refractivity (Wildman–Crippen MR) is 62.9 cm³/mol. The molecule has 0 saturated heterocycles. The Balaban J connectivity index is 3.00. The summed E-state index contributed by atoms with van der Waals surface area (Å²) in [4.78, 5) is 11.0. The van der Waals surface area contributed by atoms with E-state index in [-0.39, 0.29) is 10.7 Å². The van der Waals surface area contributed by atoms with E-state index in [1.165, 1.54) is 19.1 Å². The van der Waals surface area contributed by atoms with Crippen molar-refractivity contribution in [2.75, 3.05) is 0 Å². The fraction of sp³-hybridized carbons (Fsp3) is 0.250. The van der Waals surface area contributed by atoms with Crippen LogP contribution in [0.1, 0.15) is 13.8 Å². The molecular weight excluding hydrogens is 224 g/mol. The van der Waals surface area contributed by atoms with E-state index in [0.717, 1.165) is 0 Å². The van der Waals surface area contributed by atoms with Gasteiger partial charge in [0, 0.05) is 0 Å². The Hall–Kier alpha value is -1.42. The van der Waals surface area contributed by atoms with Gasteiger partial charge in [-0.05, 0) is 32.1 Å². The zero-order valence-corrected chi connectivity index (χ0v) is 10.1. The van der Waals surface area contributed by atoms with Crippen molar-refractivity contribution in [1.29, 1.82) is 0 Å². The van der Waals surface area contributed by atoms with Crippen LogP contribution in [-0.4, -0.2) is 19.5 Å². The molecule has 0 fully saturated rings. The van der Waals surface area contributed by atoms with Crippen molar-refractivity contribution in [2.24, 2.45) is 0 Å². The second-order valence-electron chi connectivity index (χ2n) is 3.53. The maximum absolute atomic E-state index is 12.0. The third-order valence-electron chi connectivity index (χ3n) is 2.16. The second kappa shape index (κ2) is 5.07. The lowest BCUT2D eigenvalue weighted by molar-refractivity contribution is -0.112. The molecule has 1 unspecified atom stereocenters. The zero-order chi connectivity index (χ0) is 12.2. The lowest BCUT2D eigenvalue weighted by atomic mass is 10.3. The Morgan fingerprint density at radius 3 is 2.31 bits per heavy atom. The molecule has 0 aliphatic rings. The van der Waals surface area contributed by atoms with E-state index in [0.29, 0.717) is 0 Å². The van der Waals surface area contributed by atoms with Gasteiger partial charge in [0.25, 0.3) is 0 Å². The minimum atomic E-state index is -3.37. The molecule has 3 nitrogen and oxygen atoms in total. The van der Waals surface area contributed by atoms with Crippen LogP contribution in [0.15, 0.2) is 47.4 Å². The molecule has 0 aromatic heterocycles. The minimum absolute atomic E-state index is 0.157. The Morgan fingerprint density at radius 2 is 1.81 bits per heavy atom. The number of rotatable bonds is 4. The normalized spacial score (nSPS) is 13.9. The first kappa shape index (κ1) is 12.6. The summed E-state index contributed by atoms with van der Waals surface area (Å²) >= 11 is 0. The summed E-state index contributed by atoms with van der Waals surface area (Å²) in [5.74, 6) is -0.157. The third kappa shape index (κ3) is 3.03. The Labute approximate surface area is 95.7 Å². The molecule has 0 amide bonds. The Bertz CT molecular complexity index is 486. The van der Waals surface area contributed by atoms with Crippen LogP contribution >= 0.6 is 0 Å². The molecule has 4 heteroatoms. The molecule has 0 saturated carbocycles. The topological polar surface area (TPSA) is 51.2 Å². The summed E-state index contributed by atoms with van der Waals surface area (Å²) in [6.45, 7) is 2.94. The minimum Gasteiger partial charge on any atom is -0.295 e. The van der Waals surface area contributed by atoms with Gasteiger partial charge in [-0.3, -0.25) is 4.79 Å². The Morgan fingerprint density at radius 1 is 1.25 bits per heavy atom. The number of carbonyl (C=O) groups is 1. The zero-order valence-electron chi connectivity index (χ0n) is 9.25. The summed E-state index contributed by atoms with van der Waals surface area (Å²) in [5, 5.41) is -0.696. The average Bonchev–Trinajstić information content (AvgIpc) is 2.27. The number of hydrogen-bond acceptors (Lipinski definition) is 3. The van der Waals surface area contributed by atoms with E-state index >= 15 is 0 Å². The molecule has 0 aliphatic heterocycles. The summed E-state index contributed by atoms with van der Waals surface area (Å²) in [5.41, 5.74) is 0. The van der Waals surface area contributed by atoms with Crippen LogP contribution in [-0.2, 0) is 14.6 Å². The van der Waals surface area contributed by atoms with E-state index in [4.69, 9.17) is 0 Å². The van der Waals surface area contributed by atoms with Crippen molar-refractivity contribution >= 4 is 15.6 Å². The van der Waals surface area contributed by atoms with Gasteiger partial charge in [-0.1, -0.05) is 24.3 Å². The van der Waals surface area contributed by atoms with Gasteiger partial charge in [0.15, 0.2) is 15.6 Å².